The Morgan fingerprint density at radius 3 is 2.62 bits per heavy atom. The van der Waals surface area contributed by atoms with Gasteiger partial charge in [0.1, 0.15) is 5.82 Å². The summed E-state index contributed by atoms with van der Waals surface area (Å²) >= 11 is 10.9. The maximum absolute atomic E-state index is 13.9. The molecule has 0 amide bonds. The molecule has 2 nitrogen and oxygen atoms in total. The van der Waals surface area contributed by atoms with Gasteiger partial charge in [-0.3, -0.25) is 11.3 Å². The molecule has 0 spiro atoms. The van der Waals surface area contributed by atoms with Crippen molar-refractivity contribution in [3.05, 3.63) is 63.3 Å². The van der Waals surface area contributed by atoms with Gasteiger partial charge < -0.3 is 0 Å². The highest BCUT2D eigenvalue weighted by Gasteiger charge is 2.13. The standard InChI is InChI=1S/C15H15BrClFN2S/c16-11-4-6-13(7-5-11)21-9-12(20-19)8-10-2-1-3-14(17)15(10)18/h1-7,12,20H,8-9,19H2. The lowest BCUT2D eigenvalue weighted by Gasteiger charge is -2.16. The van der Waals surface area contributed by atoms with E-state index in [0.717, 1.165) is 15.1 Å². The maximum atomic E-state index is 13.9. The highest BCUT2D eigenvalue weighted by molar-refractivity contribution is 9.10. The fourth-order valence-electron chi connectivity index (χ4n) is 1.87. The molecule has 0 aliphatic carbocycles. The number of hydrazine groups is 1. The van der Waals surface area contributed by atoms with E-state index in [1.807, 2.05) is 24.3 Å². The van der Waals surface area contributed by atoms with E-state index in [1.54, 1.807) is 30.0 Å². The average Bonchev–Trinajstić information content (AvgIpc) is 2.49. The second kappa shape index (κ2) is 8.15. The highest BCUT2D eigenvalue weighted by Crippen LogP contribution is 2.23. The Bertz CT molecular complexity index is 595. The molecule has 0 heterocycles. The molecule has 1 atom stereocenters. The third kappa shape index (κ3) is 4.97. The Hall–Kier alpha value is -0.590. The average molecular weight is 390 g/mol. The molecule has 21 heavy (non-hydrogen) atoms. The number of hydrogen-bond acceptors (Lipinski definition) is 3. The SMILES string of the molecule is NNC(CSc1ccc(Br)cc1)Cc1cccc(Cl)c1F. The minimum Gasteiger partial charge on any atom is -0.271 e. The molecule has 2 aromatic carbocycles. The van der Waals surface area contributed by atoms with E-state index >= 15 is 0 Å². The van der Waals surface area contributed by atoms with E-state index in [0.29, 0.717) is 12.0 Å². The van der Waals surface area contributed by atoms with Crippen LogP contribution in [-0.2, 0) is 6.42 Å². The molecule has 1 unspecified atom stereocenters. The van der Waals surface area contributed by atoms with Crippen molar-refractivity contribution in [3.63, 3.8) is 0 Å². The summed E-state index contributed by atoms with van der Waals surface area (Å²) in [7, 11) is 0. The minimum atomic E-state index is -0.368. The van der Waals surface area contributed by atoms with Crippen LogP contribution in [-0.4, -0.2) is 11.8 Å². The van der Waals surface area contributed by atoms with Crippen molar-refractivity contribution < 1.29 is 4.39 Å². The zero-order valence-electron chi connectivity index (χ0n) is 11.2. The van der Waals surface area contributed by atoms with Crippen molar-refractivity contribution in [3.8, 4) is 0 Å². The van der Waals surface area contributed by atoms with Gasteiger partial charge in [-0.05, 0) is 42.3 Å². The Kier molecular flexibility index (Phi) is 6.51. The molecule has 0 saturated heterocycles. The third-order valence-corrected chi connectivity index (χ3v) is 4.99. The second-order valence-electron chi connectivity index (χ2n) is 4.55. The number of thioether (sulfide) groups is 1. The van der Waals surface area contributed by atoms with Crippen LogP contribution >= 0.6 is 39.3 Å². The van der Waals surface area contributed by atoms with E-state index in [9.17, 15) is 4.39 Å². The molecule has 0 aliphatic heterocycles. The molecule has 3 N–H and O–H groups in total. The lowest BCUT2D eigenvalue weighted by Crippen LogP contribution is -2.38. The van der Waals surface area contributed by atoms with Gasteiger partial charge in [-0.25, -0.2) is 4.39 Å². The molecular formula is C15H15BrClFN2S. The number of benzene rings is 2. The predicted molar refractivity (Wildman–Crippen MR) is 91.1 cm³/mol. The van der Waals surface area contributed by atoms with E-state index < -0.39 is 0 Å². The van der Waals surface area contributed by atoms with Crippen LogP contribution in [0.25, 0.3) is 0 Å². The number of halogens is 3. The molecule has 0 fully saturated rings. The minimum absolute atomic E-state index is 0.0355. The predicted octanol–water partition coefficient (Wildman–Crippen LogP) is 4.41. The number of nitrogens with two attached hydrogens (primary N) is 1. The molecule has 112 valence electrons. The smallest absolute Gasteiger partial charge is 0.145 e. The van der Waals surface area contributed by atoms with Crippen molar-refractivity contribution in [1.82, 2.24) is 5.43 Å². The van der Waals surface area contributed by atoms with E-state index in [-0.39, 0.29) is 16.9 Å². The summed E-state index contributed by atoms with van der Waals surface area (Å²) in [5.41, 5.74) is 3.31. The summed E-state index contributed by atoms with van der Waals surface area (Å²) in [6.45, 7) is 0. The van der Waals surface area contributed by atoms with Gasteiger partial charge in [-0.2, -0.15) is 0 Å². The van der Waals surface area contributed by atoms with Crippen molar-refractivity contribution in [2.45, 2.75) is 17.4 Å². The van der Waals surface area contributed by atoms with Crippen LogP contribution in [0.3, 0.4) is 0 Å². The molecule has 0 radical (unpaired) electrons. The van der Waals surface area contributed by atoms with Crippen molar-refractivity contribution in [2.75, 3.05) is 5.75 Å². The fraction of sp³-hybridized carbons (Fsp3) is 0.200. The number of hydrogen-bond donors (Lipinski definition) is 2. The zero-order valence-corrected chi connectivity index (χ0v) is 14.3. The van der Waals surface area contributed by atoms with Crippen LogP contribution < -0.4 is 11.3 Å². The molecule has 0 aromatic heterocycles. The first-order chi connectivity index (χ1) is 10.1. The Morgan fingerprint density at radius 1 is 1.24 bits per heavy atom. The largest absolute Gasteiger partial charge is 0.271 e. The zero-order chi connectivity index (χ0) is 15.2. The van der Waals surface area contributed by atoms with E-state index in [4.69, 9.17) is 17.4 Å². The molecule has 0 aliphatic rings. The van der Waals surface area contributed by atoms with Gasteiger partial charge in [-0.1, -0.05) is 39.7 Å². The third-order valence-electron chi connectivity index (χ3n) is 3.00. The Morgan fingerprint density at radius 2 is 1.95 bits per heavy atom. The molecular weight excluding hydrogens is 375 g/mol. The topological polar surface area (TPSA) is 38.0 Å². The van der Waals surface area contributed by atoms with E-state index in [2.05, 4.69) is 21.4 Å². The van der Waals surface area contributed by atoms with Gasteiger partial charge >= 0.3 is 0 Å². The van der Waals surface area contributed by atoms with E-state index in [1.165, 1.54) is 0 Å². The molecule has 6 heteroatoms. The fourth-order valence-corrected chi connectivity index (χ4v) is 3.26. The van der Waals surface area contributed by atoms with Gasteiger partial charge in [0.15, 0.2) is 0 Å². The van der Waals surface area contributed by atoms with Crippen LogP contribution in [0.15, 0.2) is 51.8 Å². The maximum Gasteiger partial charge on any atom is 0.145 e. The van der Waals surface area contributed by atoms with Crippen molar-refractivity contribution in [1.29, 1.82) is 0 Å². The quantitative estimate of drug-likeness (QED) is 0.437. The van der Waals surface area contributed by atoms with Gasteiger partial charge in [0, 0.05) is 21.2 Å². The highest BCUT2D eigenvalue weighted by atomic mass is 79.9. The first kappa shape index (κ1) is 16.8. The summed E-state index contributed by atoms with van der Waals surface area (Å²) in [6, 6.07) is 13.0. The van der Waals surface area contributed by atoms with Gasteiger partial charge in [0.05, 0.1) is 5.02 Å². The van der Waals surface area contributed by atoms with Crippen LogP contribution in [0.1, 0.15) is 5.56 Å². The van der Waals surface area contributed by atoms with Gasteiger partial charge in [-0.15, -0.1) is 11.8 Å². The lowest BCUT2D eigenvalue weighted by molar-refractivity contribution is 0.547. The van der Waals surface area contributed by atoms with Crippen molar-refractivity contribution in [2.24, 2.45) is 5.84 Å². The Balaban J connectivity index is 1.97. The van der Waals surface area contributed by atoms with Gasteiger partial charge in [0.2, 0.25) is 0 Å². The lowest BCUT2D eigenvalue weighted by atomic mass is 10.1. The monoisotopic (exact) mass is 388 g/mol. The Labute approximate surface area is 141 Å². The molecule has 0 saturated carbocycles. The molecule has 2 rings (SSSR count). The summed E-state index contributed by atoms with van der Waals surface area (Å²) in [4.78, 5) is 1.14. The summed E-state index contributed by atoms with van der Waals surface area (Å²) in [5.74, 6) is 5.94. The van der Waals surface area contributed by atoms with Crippen LogP contribution in [0.5, 0.6) is 0 Å². The summed E-state index contributed by atoms with van der Waals surface area (Å²) in [6.07, 6.45) is 0.492. The van der Waals surface area contributed by atoms with Gasteiger partial charge in [0.25, 0.3) is 0 Å². The van der Waals surface area contributed by atoms with Crippen LogP contribution in [0.4, 0.5) is 4.39 Å². The second-order valence-corrected chi connectivity index (χ2v) is 6.96. The first-order valence-corrected chi connectivity index (χ1v) is 8.53. The van der Waals surface area contributed by atoms with Crippen LogP contribution in [0, 0.1) is 5.82 Å². The summed E-state index contributed by atoms with van der Waals surface area (Å²) < 4.78 is 14.9. The first-order valence-electron chi connectivity index (χ1n) is 6.37. The molecule has 0 bridgehead atoms. The van der Waals surface area contributed by atoms with Crippen molar-refractivity contribution >= 4 is 39.3 Å². The van der Waals surface area contributed by atoms with Crippen LogP contribution in [0.2, 0.25) is 5.02 Å². The number of nitrogens with one attached hydrogen (secondary N) is 1. The summed E-state index contributed by atoms with van der Waals surface area (Å²) in [5, 5.41) is 0.142. The normalized spacial score (nSPS) is 12.4. The number of rotatable bonds is 6. The molecule has 2 aromatic rings.